The first-order chi connectivity index (χ1) is 8.02. The Bertz CT molecular complexity index is 404. The smallest absolute Gasteiger partial charge is 0.326 e. The van der Waals surface area contributed by atoms with Gasteiger partial charge < -0.3 is 26.7 Å². The average Bonchev–Trinajstić information content (AvgIpc) is 2.30. The van der Waals surface area contributed by atoms with E-state index in [0.717, 1.165) is 0 Å². The van der Waals surface area contributed by atoms with Crippen LogP contribution in [0.5, 0.6) is 5.75 Å². The lowest BCUT2D eigenvalue weighted by Gasteiger charge is -2.13. The van der Waals surface area contributed by atoms with Crippen molar-refractivity contribution in [3.63, 3.8) is 0 Å². The molecule has 7 N–H and O–H groups in total. The number of carbonyl (C=O) groups is 2. The van der Waals surface area contributed by atoms with Gasteiger partial charge >= 0.3 is 5.97 Å². The summed E-state index contributed by atoms with van der Waals surface area (Å²) in [5.74, 6) is -1.54. The first-order valence-corrected chi connectivity index (χ1v) is 5.03. The van der Waals surface area contributed by atoms with Crippen LogP contribution in [-0.2, 0) is 16.0 Å². The minimum atomic E-state index is -1.13. The van der Waals surface area contributed by atoms with Crippen LogP contribution in [0.25, 0.3) is 0 Å². The van der Waals surface area contributed by atoms with Crippen molar-refractivity contribution in [1.29, 1.82) is 0 Å². The molecule has 0 spiro atoms. The maximum atomic E-state index is 11.0. The van der Waals surface area contributed by atoms with Crippen LogP contribution in [0.3, 0.4) is 0 Å². The second-order valence-electron chi connectivity index (χ2n) is 3.53. The van der Waals surface area contributed by atoms with Crippen molar-refractivity contribution in [3.8, 4) is 5.75 Å². The first kappa shape index (κ1) is 15.9. The molecule has 0 unspecified atom stereocenters. The summed E-state index contributed by atoms with van der Waals surface area (Å²) in [5.41, 5.74) is 5.80. The van der Waals surface area contributed by atoms with Gasteiger partial charge in [-0.05, 0) is 17.7 Å². The zero-order valence-electron chi connectivity index (χ0n) is 9.59. The number of benzene rings is 1. The highest BCUT2D eigenvalue weighted by Gasteiger charge is 2.19. The summed E-state index contributed by atoms with van der Waals surface area (Å²) in [4.78, 5) is 21.9. The predicted octanol–water partition coefficient (Wildman–Crippen LogP) is -1.36. The Morgan fingerprint density at radius 1 is 1.28 bits per heavy atom. The van der Waals surface area contributed by atoms with Crippen molar-refractivity contribution in [2.24, 2.45) is 5.73 Å². The lowest BCUT2D eigenvalue weighted by atomic mass is 10.1. The Labute approximate surface area is 104 Å². The molecule has 1 amide bonds. The quantitative estimate of drug-likeness (QED) is 0.514. The van der Waals surface area contributed by atoms with Gasteiger partial charge in [-0.1, -0.05) is 12.1 Å². The van der Waals surface area contributed by atoms with Gasteiger partial charge in [0.05, 0.1) is 6.54 Å². The van der Waals surface area contributed by atoms with Gasteiger partial charge in [-0.25, -0.2) is 4.79 Å². The number of nitrogens with two attached hydrogens (primary N) is 1. The maximum Gasteiger partial charge on any atom is 0.326 e. The third-order valence-corrected chi connectivity index (χ3v) is 2.19. The number of phenols is 1. The van der Waals surface area contributed by atoms with E-state index in [-0.39, 0.29) is 24.2 Å². The number of aliphatic carboxylic acids is 1. The molecule has 18 heavy (non-hydrogen) atoms. The van der Waals surface area contributed by atoms with Crippen LogP contribution in [0.1, 0.15) is 5.56 Å². The molecule has 1 aromatic carbocycles. The van der Waals surface area contributed by atoms with E-state index in [1.54, 1.807) is 12.1 Å². The average molecular weight is 256 g/mol. The summed E-state index contributed by atoms with van der Waals surface area (Å²) in [6.45, 7) is -0.251. The Hall–Kier alpha value is -2.12. The molecule has 0 aliphatic heterocycles. The number of phenolic OH excluding ortho intramolecular Hbond substituents is 1. The van der Waals surface area contributed by atoms with Crippen molar-refractivity contribution in [3.05, 3.63) is 29.8 Å². The van der Waals surface area contributed by atoms with Gasteiger partial charge in [0, 0.05) is 6.42 Å². The van der Waals surface area contributed by atoms with Crippen LogP contribution in [0.4, 0.5) is 0 Å². The highest BCUT2D eigenvalue weighted by atomic mass is 16.4. The number of carboxylic acids is 1. The third kappa shape index (κ3) is 4.81. The summed E-state index contributed by atoms with van der Waals surface area (Å²) < 4.78 is 0. The van der Waals surface area contributed by atoms with E-state index in [9.17, 15) is 9.59 Å². The fraction of sp³-hybridized carbons (Fsp3) is 0.273. The Morgan fingerprint density at radius 3 is 2.28 bits per heavy atom. The maximum absolute atomic E-state index is 11.0. The fourth-order valence-electron chi connectivity index (χ4n) is 1.32. The summed E-state index contributed by atoms with van der Waals surface area (Å²) in [6, 6.07) is 5.09. The first-order valence-electron chi connectivity index (χ1n) is 5.03. The molecule has 0 fully saturated rings. The van der Waals surface area contributed by atoms with E-state index in [1.807, 2.05) is 0 Å². The topological polar surface area (TPSA) is 144 Å². The van der Waals surface area contributed by atoms with Crippen molar-refractivity contribution in [1.82, 2.24) is 5.32 Å². The molecular formula is C11H16N2O5. The van der Waals surface area contributed by atoms with Crippen molar-refractivity contribution >= 4 is 11.9 Å². The number of amides is 1. The molecule has 0 heterocycles. The van der Waals surface area contributed by atoms with Crippen LogP contribution in [0.15, 0.2) is 24.3 Å². The molecule has 100 valence electrons. The van der Waals surface area contributed by atoms with Gasteiger partial charge in [0.1, 0.15) is 11.8 Å². The van der Waals surface area contributed by atoms with Crippen LogP contribution in [0, 0.1) is 0 Å². The van der Waals surface area contributed by atoms with Crippen molar-refractivity contribution in [2.75, 3.05) is 6.54 Å². The zero-order valence-corrected chi connectivity index (χ0v) is 9.59. The number of nitrogens with one attached hydrogen (secondary N) is 1. The van der Waals surface area contributed by atoms with E-state index in [1.165, 1.54) is 12.1 Å². The summed E-state index contributed by atoms with van der Waals surface area (Å²) in [7, 11) is 0. The molecule has 7 heteroatoms. The molecule has 0 aliphatic carbocycles. The minimum absolute atomic E-state index is 0. The molecule has 1 aromatic rings. The summed E-state index contributed by atoms with van der Waals surface area (Å²) in [6.07, 6.45) is 0.140. The molecule has 0 aliphatic rings. The second kappa shape index (κ2) is 7.25. The standard InChI is InChI=1S/C11H14N2O4.H2O/c12-6-10(15)13-9(11(16)17)5-7-1-3-8(14)4-2-7;/h1-4,9,14H,5-6,12H2,(H,13,15)(H,16,17);1H2/t9-;/m0./s1. The molecule has 1 atom stereocenters. The predicted molar refractivity (Wildman–Crippen MR) is 64.0 cm³/mol. The second-order valence-corrected chi connectivity index (χ2v) is 3.53. The minimum Gasteiger partial charge on any atom is -0.508 e. The summed E-state index contributed by atoms with van der Waals surface area (Å²) in [5, 5.41) is 20.3. The normalized spacial score (nSPS) is 11.2. The highest BCUT2D eigenvalue weighted by Crippen LogP contribution is 2.11. The van der Waals surface area contributed by atoms with Crippen LogP contribution >= 0.6 is 0 Å². The zero-order chi connectivity index (χ0) is 12.8. The van der Waals surface area contributed by atoms with E-state index >= 15 is 0 Å². The Morgan fingerprint density at radius 2 is 1.83 bits per heavy atom. The third-order valence-electron chi connectivity index (χ3n) is 2.19. The van der Waals surface area contributed by atoms with Gasteiger partial charge in [-0.3, -0.25) is 4.79 Å². The van der Waals surface area contributed by atoms with E-state index < -0.39 is 17.9 Å². The lowest BCUT2D eigenvalue weighted by Crippen LogP contribution is -2.44. The monoisotopic (exact) mass is 256 g/mol. The van der Waals surface area contributed by atoms with Gasteiger partial charge in [-0.15, -0.1) is 0 Å². The van der Waals surface area contributed by atoms with E-state index in [4.69, 9.17) is 15.9 Å². The van der Waals surface area contributed by atoms with Gasteiger partial charge in [0.2, 0.25) is 5.91 Å². The highest BCUT2D eigenvalue weighted by molar-refractivity contribution is 5.84. The summed E-state index contributed by atoms with van der Waals surface area (Å²) >= 11 is 0. The van der Waals surface area contributed by atoms with Gasteiger partial charge in [-0.2, -0.15) is 0 Å². The van der Waals surface area contributed by atoms with Gasteiger partial charge in [0.15, 0.2) is 0 Å². The molecule has 0 bridgehead atoms. The largest absolute Gasteiger partial charge is 0.508 e. The van der Waals surface area contributed by atoms with Crippen molar-refractivity contribution in [2.45, 2.75) is 12.5 Å². The van der Waals surface area contributed by atoms with Crippen molar-refractivity contribution < 1.29 is 25.3 Å². The molecule has 7 nitrogen and oxygen atoms in total. The SMILES string of the molecule is NCC(=O)N[C@@H](Cc1ccc(O)cc1)C(=O)O.O. The number of hydrogen-bond donors (Lipinski definition) is 4. The molecule has 0 aromatic heterocycles. The number of carboxylic acid groups (broad SMARTS) is 1. The van der Waals surface area contributed by atoms with Crippen LogP contribution < -0.4 is 11.1 Å². The lowest BCUT2D eigenvalue weighted by molar-refractivity contribution is -0.141. The molecule has 0 radical (unpaired) electrons. The van der Waals surface area contributed by atoms with Crippen LogP contribution in [-0.4, -0.2) is 40.2 Å². The molecule has 0 saturated carbocycles. The molecule has 1 rings (SSSR count). The molecule has 0 saturated heterocycles. The number of rotatable bonds is 5. The van der Waals surface area contributed by atoms with E-state index in [2.05, 4.69) is 5.32 Å². The molecular weight excluding hydrogens is 240 g/mol. The Kier molecular flexibility index (Phi) is 6.40. The Balaban J connectivity index is 0.00000289. The number of aromatic hydroxyl groups is 1. The number of hydrogen-bond acceptors (Lipinski definition) is 4. The van der Waals surface area contributed by atoms with Gasteiger partial charge in [0.25, 0.3) is 0 Å². The van der Waals surface area contributed by atoms with E-state index in [0.29, 0.717) is 5.56 Å². The fourth-order valence-corrected chi connectivity index (χ4v) is 1.32. The number of carbonyl (C=O) groups excluding carboxylic acids is 1. The van der Waals surface area contributed by atoms with Crippen LogP contribution in [0.2, 0.25) is 0 Å².